The van der Waals surface area contributed by atoms with Crippen LogP contribution in [0.15, 0.2) is 88.4 Å². The van der Waals surface area contributed by atoms with E-state index in [9.17, 15) is 9.90 Å². The number of benzene rings is 3. The van der Waals surface area contributed by atoms with Crippen molar-refractivity contribution in [3.8, 4) is 10.6 Å². The van der Waals surface area contributed by atoms with Gasteiger partial charge in [-0.05, 0) is 73.7 Å². The lowest BCUT2D eigenvalue weighted by atomic mass is 10.2. The first-order chi connectivity index (χ1) is 16.3. The summed E-state index contributed by atoms with van der Waals surface area (Å²) in [6, 6.07) is 20.3. The molecule has 4 rings (SSSR count). The number of allylic oxidation sites excluding steroid dienone is 1. The van der Waals surface area contributed by atoms with Gasteiger partial charge in [-0.1, -0.05) is 11.6 Å². The molecule has 9 heteroatoms. The highest BCUT2D eigenvalue weighted by molar-refractivity contribution is 7.21. The summed E-state index contributed by atoms with van der Waals surface area (Å²) in [5.74, 6) is -0.814. The molecule has 0 atom stereocenters. The number of thiazole rings is 1. The number of azo groups is 1. The first-order valence-corrected chi connectivity index (χ1v) is 11.6. The molecule has 0 spiro atoms. The molecule has 172 valence electrons. The van der Waals surface area contributed by atoms with E-state index in [0.717, 1.165) is 26.5 Å². The summed E-state index contributed by atoms with van der Waals surface area (Å²) in [4.78, 5) is 19.3. The Morgan fingerprint density at radius 1 is 1.06 bits per heavy atom. The Kier molecular flexibility index (Phi) is 6.90. The molecule has 0 unspecified atom stereocenters. The maximum absolute atomic E-state index is 12.6. The number of amides is 1. The number of rotatable bonds is 6. The molecule has 0 saturated heterocycles. The highest BCUT2D eigenvalue weighted by Gasteiger charge is 2.14. The summed E-state index contributed by atoms with van der Waals surface area (Å²) in [7, 11) is 4.01. The number of aromatic nitrogens is 1. The van der Waals surface area contributed by atoms with Crippen molar-refractivity contribution in [1.82, 2.24) is 4.98 Å². The molecule has 4 aromatic rings. The van der Waals surface area contributed by atoms with Gasteiger partial charge in [0.1, 0.15) is 10.8 Å². The molecule has 34 heavy (non-hydrogen) atoms. The predicted molar refractivity (Wildman–Crippen MR) is 139 cm³/mol. The van der Waals surface area contributed by atoms with E-state index in [1.54, 1.807) is 41.7 Å². The zero-order valence-corrected chi connectivity index (χ0v) is 20.4. The molecule has 0 fully saturated rings. The van der Waals surface area contributed by atoms with Gasteiger partial charge >= 0.3 is 0 Å². The van der Waals surface area contributed by atoms with Gasteiger partial charge in [0, 0.05) is 36.1 Å². The number of anilines is 2. The van der Waals surface area contributed by atoms with Gasteiger partial charge in [-0.15, -0.1) is 16.5 Å². The van der Waals surface area contributed by atoms with E-state index >= 15 is 0 Å². The maximum Gasteiger partial charge on any atom is 0.279 e. The average molecular weight is 492 g/mol. The number of carbonyl (C=O) groups excluding carboxylic acids is 1. The molecule has 0 bridgehead atoms. The fourth-order valence-corrected chi connectivity index (χ4v) is 4.24. The van der Waals surface area contributed by atoms with Crippen molar-refractivity contribution in [2.75, 3.05) is 24.3 Å². The van der Waals surface area contributed by atoms with Gasteiger partial charge in [0.25, 0.3) is 5.91 Å². The van der Waals surface area contributed by atoms with Gasteiger partial charge in [-0.2, -0.15) is 5.11 Å². The lowest BCUT2D eigenvalue weighted by Crippen LogP contribution is -2.14. The minimum Gasteiger partial charge on any atom is -0.510 e. The zero-order valence-electron chi connectivity index (χ0n) is 18.8. The van der Waals surface area contributed by atoms with Gasteiger partial charge < -0.3 is 15.3 Å². The number of hydrogen-bond donors (Lipinski definition) is 2. The van der Waals surface area contributed by atoms with Crippen LogP contribution in [0.3, 0.4) is 0 Å². The summed E-state index contributed by atoms with van der Waals surface area (Å²) >= 11 is 7.42. The van der Waals surface area contributed by atoms with E-state index in [4.69, 9.17) is 16.6 Å². The van der Waals surface area contributed by atoms with E-state index in [-0.39, 0.29) is 11.5 Å². The molecule has 1 heterocycles. The number of fused-ring (bicyclic) bond motifs is 1. The third-order valence-corrected chi connectivity index (χ3v) is 6.25. The Bertz CT molecular complexity index is 1390. The van der Waals surface area contributed by atoms with Crippen LogP contribution in [0.1, 0.15) is 6.92 Å². The third kappa shape index (κ3) is 5.41. The van der Waals surface area contributed by atoms with Crippen molar-refractivity contribution >= 4 is 56.1 Å². The SMILES string of the molecule is C/C(O)=C(\N=Nc1ccc2nc(-c3ccc(N(C)C)cc3)sc2c1)C(=O)Nc1ccc(Cl)cc1. The topological polar surface area (TPSA) is 90.2 Å². The van der Waals surface area contributed by atoms with E-state index in [1.165, 1.54) is 6.92 Å². The van der Waals surface area contributed by atoms with Crippen LogP contribution in [0.4, 0.5) is 17.1 Å². The van der Waals surface area contributed by atoms with Crippen molar-refractivity contribution in [3.05, 3.63) is 83.2 Å². The van der Waals surface area contributed by atoms with Crippen LogP contribution in [0.25, 0.3) is 20.8 Å². The fourth-order valence-electron chi connectivity index (χ4n) is 3.11. The Labute approximate surface area is 206 Å². The largest absolute Gasteiger partial charge is 0.510 e. The predicted octanol–water partition coefficient (Wildman–Crippen LogP) is 7.19. The summed E-state index contributed by atoms with van der Waals surface area (Å²) in [6.07, 6.45) is 0. The molecule has 0 aliphatic heterocycles. The van der Waals surface area contributed by atoms with Gasteiger partial charge in [-0.3, -0.25) is 4.79 Å². The van der Waals surface area contributed by atoms with Crippen molar-refractivity contribution in [2.45, 2.75) is 6.92 Å². The first-order valence-electron chi connectivity index (χ1n) is 10.4. The van der Waals surface area contributed by atoms with Gasteiger partial charge in [-0.25, -0.2) is 4.98 Å². The molecule has 3 aromatic carbocycles. The van der Waals surface area contributed by atoms with Crippen LogP contribution in [0.2, 0.25) is 5.02 Å². The van der Waals surface area contributed by atoms with Crippen LogP contribution < -0.4 is 10.2 Å². The number of carbonyl (C=O) groups is 1. The second-order valence-corrected chi connectivity index (χ2v) is 9.17. The molecule has 7 nitrogen and oxygen atoms in total. The second kappa shape index (κ2) is 10.0. The Hall–Kier alpha value is -3.75. The molecular formula is C25H22ClN5O2S. The standard InChI is InChI=1S/C25H22ClN5O2S/c1-15(32)23(24(33)27-18-8-6-17(26)7-9-18)30-29-19-10-13-21-22(14-19)34-25(28-21)16-4-11-20(12-5-16)31(2)3/h4-14,32H,1-3H3,(H,27,33)/b23-15+,30-29?. The van der Waals surface area contributed by atoms with Crippen LogP contribution in [0, 0.1) is 0 Å². The monoisotopic (exact) mass is 491 g/mol. The van der Waals surface area contributed by atoms with Crippen LogP contribution in [0.5, 0.6) is 0 Å². The highest BCUT2D eigenvalue weighted by Crippen LogP contribution is 2.33. The van der Waals surface area contributed by atoms with Gasteiger partial charge in [0.05, 0.1) is 15.9 Å². The number of nitrogens with zero attached hydrogens (tertiary/aromatic N) is 4. The number of aliphatic hydroxyl groups excluding tert-OH is 1. The normalized spacial score (nSPS) is 12.1. The summed E-state index contributed by atoms with van der Waals surface area (Å²) in [6.45, 7) is 1.38. The Morgan fingerprint density at radius 2 is 1.76 bits per heavy atom. The number of aliphatic hydroxyl groups is 1. The van der Waals surface area contributed by atoms with Gasteiger partial charge in [0.15, 0.2) is 5.70 Å². The minimum absolute atomic E-state index is 0.180. The van der Waals surface area contributed by atoms with Crippen LogP contribution >= 0.6 is 22.9 Å². The van der Waals surface area contributed by atoms with Crippen molar-refractivity contribution in [2.24, 2.45) is 10.2 Å². The third-order valence-electron chi connectivity index (χ3n) is 4.93. The molecule has 0 aliphatic carbocycles. The minimum atomic E-state index is -0.576. The van der Waals surface area contributed by atoms with Gasteiger partial charge in [0.2, 0.25) is 0 Å². The van der Waals surface area contributed by atoms with Crippen molar-refractivity contribution < 1.29 is 9.90 Å². The van der Waals surface area contributed by atoms with E-state index in [1.807, 2.05) is 43.3 Å². The molecular weight excluding hydrogens is 470 g/mol. The molecule has 1 aromatic heterocycles. The smallest absolute Gasteiger partial charge is 0.279 e. The van der Waals surface area contributed by atoms with Crippen LogP contribution in [-0.4, -0.2) is 30.1 Å². The lowest BCUT2D eigenvalue weighted by molar-refractivity contribution is -0.113. The molecule has 2 N–H and O–H groups in total. The molecule has 0 aliphatic rings. The zero-order chi connectivity index (χ0) is 24.2. The quantitative estimate of drug-likeness (QED) is 0.169. The maximum atomic E-state index is 12.6. The molecule has 1 amide bonds. The van der Waals surface area contributed by atoms with E-state index < -0.39 is 5.91 Å². The van der Waals surface area contributed by atoms with Crippen molar-refractivity contribution in [3.63, 3.8) is 0 Å². The Balaban J connectivity index is 1.54. The van der Waals surface area contributed by atoms with Crippen LogP contribution in [-0.2, 0) is 4.79 Å². The number of nitrogens with one attached hydrogen (secondary N) is 1. The summed E-state index contributed by atoms with van der Waals surface area (Å²) in [5, 5.41) is 22.3. The summed E-state index contributed by atoms with van der Waals surface area (Å²) < 4.78 is 0.944. The van der Waals surface area contributed by atoms with E-state index in [0.29, 0.717) is 16.4 Å². The fraction of sp³-hybridized carbons (Fsp3) is 0.120. The number of hydrogen-bond acceptors (Lipinski definition) is 7. The molecule has 0 radical (unpaired) electrons. The first kappa shape index (κ1) is 23.4. The molecule has 0 saturated carbocycles. The second-order valence-electron chi connectivity index (χ2n) is 7.71. The van der Waals surface area contributed by atoms with E-state index in [2.05, 4.69) is 27.7 Å². The number of halogens is 1. The average Bonchev–Trinajstić information content (AvgIpc) is 3.24. The summed E-state index contributed by atoms with van der Waals surface area (Å²) in [5.41, 5.74) is 3.90. The lowest BCUT2D eigenvalue weighted by Gasteiger charge is -2.11. The Morgan fingerprint density at radius 3 is 2.41 bits per heavy atom. The van der Waals surface area contributed by atoms with Crippen molar-refractivity contribution in [1.29, 1.82) is 0 Å². The highest BCUT2D eigenvalue weighted by atomic mass is 35.5.